The van der Waals surface area contributed by atoms with Crippen LogP contribution in [0.4, 0.5) is 0 Å². The molecule has 1 saturated carbocycles. The van der Waals surface area contributed by atoms with Crippen LogP contribution in [0, 0.1) is 5.92 Å². The van der Waals surface area contributed by atoms with Crippen molar-refractivity contribution in [2.75, 3.05) is 6.54 Å². The molecule has 2 aliphatic rings. The maximum atomic E-state index is 12.0. The van der Waals surface area contributed by atoms with Crippen LogP contribution in [0.25, 0.3) is 0 Å². The summed E-state index contributed by atoms with van der Waals surface area (Å²) in [7, 11) is 0. The Balaban J connectivity index is 1.96. The molecule has 3 nitrogen and oxygen atoms in total. The molecule has 15 heavy (non-hydrogen) atoms. The van der Waals surface area contributed by atoms with Crippen molar-refractivity contribution >= 4 is 5.91 Å². The second-order valence-electron chi connectivity index (χ2n) is 4.84. The molecule has 1 aliphatic heterocycles. The third kappa shape index (κ3) is 2.03. The molecule has 1 heterocycles. The third-order valence-corrected chi connectivity index (χ3v) is 3.83. The molecule has 2 unspecified atom stereocenters. The van der Waals surface area contributed by atoms with Crippen LogP contribution >= 0.6 is 0 Å². The number of nitrogens with one attached hydrogen (secondary N) is 1. The topological polar surface area (TPSA) is 32.3 Å². The Bertz CT molecular complexity index is 238. The zero-order valence-corrected chi connectivity index (χ0v) is 9.83. The highest BCUT2D eigenvalue weighted by Gasteiger charge is 2.38. The lowest BCUT2D eigenvalue weighted by atomic mass is 9.85. The minimum absolute atomic E-state index is 0.0787. The lowest BCUT2D eigenvalue weighted by molar-refractivity contribution is -0.131. The Kier molecular flexibility index (Phi) is 3.29. The number of nitrogens with zero attached hydrogens (tertiary/aromatic N) is 1. The van der Waals surface area contributed by atoms with Crippen molar-refractivity contribution in [3.05, 3.63) is 0 Å². The Morgan fingerprint density at radius 3 is 2.53 bits per heavy atom. The molecule has 2 fully saturated rings. The van der Waals surface area contributed by atoms with Gasteiger partial charge in [0.2, 0.25) is 5.91 Å². The molecular formula is C12H22N2O. The van der Waals surface area contributed by atoms with Crippen molar-refractivity contribution in [3.63, 3.8) is 0 Å². The fourth-order valence-corrected chi connectivity index (χ4v) is 2.55. The van der Waals surface area contributed by atoms with Crippen LogP contribution in [-0.4, -0.2) is 29.6 Å². The van der Waals surface area contributed by atoms with Crippen LogP contribution in [0.5, 0.6) is 0 Å². The number of amides is 1. The molecule has 0 aromatic heterocycles. The van der Waals surface area contributed by atoms with Crippen LogP contribution in [0.2, 0.25) is 0 Å². The Labute approximate surface area is 92.2 Å². The summed E-state index contributed by atoms with van der Waals surface area (Å²) in [6, 6.07) is 0.0787. The van der Waals surface area contributed by atoms with Crippen molar-refractivity contribution in [2.24, 2.45) is 5.92 Å². The molecule has 2 atom stereocenters. The standard InChI is InChI=1S/C12H22N2O/c1-3-10-12(15)14(11(4-2)13-10)8-9-6-5-7-9/h9-11,13H,3-8H2,1-2H3. The molecule has 0 radical (unpaired) electrons. The molecule has 3 heteroatoms. The van der Waals surface area contributed by atoms with Gasteiger partial charge < -0.3 is 4.90 Å². The van der Waals surface area contributed by atoms with E-state index in [1.807, 2.05) is 0 Å². The van der Waals surface area contributed by atoms with E-state index in [1.54, 1.807) is 0 Å². The van der Waals surface area contributed by atoms with E-state index in [0.717, 1.165) is 25.3 Å². The summed E-state index contributed by atoms with van der Waals surface area (Å²) in [5.74, 6) is 1.11. The second-order valence-corrected chi connectivity index (χ2v) is 4.84. The van der Waals surface area contributed by atoms with E-state index in [4.69, 9.17) is 0 Å². The van der Waals surface area contributed by atoms with Gasteiger partial charge in [0.15, 0.2) is 0 Å². The van der Waals surface area contributed by atoms with Gasteiger partial charge >= 0.3 is 0 Å². The normalized spacial score (nSPS) is 32.1. The van der Waals surface area contributed by atoms with Crippen LogP contribution < -0.4 is 5.32 Å². The zero-order valence-electron chi connectivity index (χ0n) is 9.83. The largest absolute Gasteiger partial charge is 0.326 e. The van der Waals surface area contributed by atoms with Gasteiger partial charge in [0.25, 0.3) is 0 Å². The Morgan fingerprint density at radius 2 is 2.07 bits per heavy atom. The van der Waals surface area contributed by atoms with Gasteiger partial charge in [-0.15, -0.1) is 0 Å². The highest BCUT2D eigenvalue weighted by atomic mass is 16.2. The molecule has 1 N–H and O–H groups in total. The molecule has 86 valence electrons. The summed E-state index contributed by atoms with van der Waals surface area (Å²) in [5.41, 5.74) is 0. The lowest BCUT2D eigenvalue weighted by Crippen LogP contribution is -2.41. The monoisotopic (exact) mass is 210 g/mol. The maximum absolute atomic E-state index is 12.0. The van der Waals surface area contributed by atoms with Gasteiger partial charge in [-0.3, -0.25) is 10.1 Å². The van der Waals surface area contributed by atoms with Gasteiger partial charge in [-0.2, -0.15) is 0 Å². The molecule has 1 amide bonds. The summed E-state index contributed by atoms with van der Waals surface area (Å²) in [4.78, 5) is 14.1. The highest BCUT2D eigenvalue weighted by Crippen LogP contribution is 2.29. The number of carbonyl (C=O) groups is 1. The maximum Gasteiger partial charge on any atom is 0.241 e. The molecule has 0 aromatic rings. The summed E-state index contributed by atoms with van der Waals surface area (Å²) >= 11 is 0. The van der Waals surface area contributed by atoms with Crippen molar-refractivity contribution < 1.29 is 4.79 Å². The smallest absolute Gasteiger partial charge is 0.241 e. The predicted molar refractivity (Wildman–Crippen MR) is 60.3 cm³/mol. The van der Waals surface area contributed by atoms with E-state index in [1.165, 1.54) is 19.3 Å². The van der Waals surface area contributed by atoms with Crippen molar-refractivity contribution in [1.29, 1.82) is 0 Å². The molecular weight excluding hydrogens is 188 g/mol. The van der Waals surface area contributed by atoms with Crippen LogP contribution in [0.15, 0.2) is 0 Å². The van der Waals surface area contributed by atoms with Crippen LogP contribution in [-0.2, 0) is 4.79 Å². The molecule has 0 spiro atoms. The van der Waals surface area contributed by atoms with E-state index in [0.29, 0.717) is 12.1 Å². The number of carbonyl (C=O) groups excluding carboxylic acids is 1. The molecule has 2 rings (SSSR count). The van der Waals surface area contributed by atoms with Crippen molar-refractivity contribution in [1.82, 2.24) is 10.2 Å². The van der Waals surface area contributed by atoms with Gasteiger partial charge in [0.1, 0.15) is 0 Å². The van der Waals surface area contributed by atoms with Crippen molar-refractivity contribution in [3.8, 4) is 0 Å². The number of hydrogen-bond donors (Lipinski definition) is 1. The lowest BCUT2D eigenvalue weighted by Gasteiger charge is -2.32. The van der Waals surface area contributed by atoms with E-state index in [2.05, 4.69) is 24.1 Å². The average molecular weight is 210 g/mol. The van der Waals surface area contributed by atoms with Crippen LogP contribution in [0.1, 0.15) is 46.0 Å². The fourth-order valence-electron chi connectivity index (χ4n) is 2.55. The number of hydrogen-bond acceptors (Lipinski definition) is 2. The molecule has 0 aromatic carbocycles. The SMILES string of the molecule is CCC1NC(CC)N(CC2CCC2)C1=O. The quantitative estimate of drug-likeness (QED) is 0.766. The van der Waals surface area contributed by atoms with E-state index < -0.39 is 0 Å². The third-order valence-electron chi connectivity index (χ3n) is 3.83. The minimum Gasteiger partial charge on any atom is -0.326 e. The van der Waals surface area contributed by atoms with Gasteiger partial charge in [0, 0.05) is 6.54 Å². The molecule has 1 aliphatic carbocycles. The molecule has 1 saturated heterocycles. The zero-order chi connectivity index (χ0) is 10.8. The summed E-state index contributed by atoms with van der Waals surface area (Å²) < 4.78 is 0. The Hall–Kier alpha value is -0.570. The van der Waals surface area contributed by atoms with Gasteiger partial charge in [-0.25, -0.2) is 0 Å². The van der Waals surface area contributed by atoms with Gasteiger partial charge in [0.05, 0.1) is 12.2 Å². The molecule has 0 bridgehead atoms. The Morgan fingerprint density at radius 1 is 1.33 bits per heavy atom. The van der Waals surface area contributed by atoms with Gasteiger partial charge in [-0.05, 0) is 31.6 Å². The summed E-state index contributed by atoms with van der Waals surface area (Å²) in [6.07, 6.45) is 6.22. The highest BCUT2D eigenvalue weighted by molar-refractivity contribution is 5.84. The van der Waals surface area contributed by atoms with E-state index in [-0.39, 0.29) is 6.04 Å². The predicted octanol–water partition coefficient (Wildman–Crippen LogP) is 1.73. The van der Waals surface area contributed by atoms with E-state index in [9.17, 15) is 4.79 Å². The van der Waals surface area contributed by atoms with Crippen molar-refractivity contribution in [2.45, 2.75) is 58.2 Å². The van der Waals surface area contributed by atoms with Crippen LogP contribution in [0.3, 0.4) is 0 Å². The fraction of sp³-hybridized carbons (Fsp3) is 0.917. The van der Waals surface area contributed by atoms with Gasteiger partial charge in [-0.1, -0.05) is 20.3 Å². The summed E-state index contributed by atoms with van der Waals surface area (Å²) in [5, 5.41) is 3.42. The average Bonchev–Trinajstić information content (AvgIpc) is 2.49. The summed E-state index contributed by atoms with van der Waals surface area (Å²) in [6.45, 7) is 5.22. The second kappa shape index (κ2) is 4.52. The minimum atomic E-state index is 0.0787. The number of rotatable bonds is 4. The first kappa shape index (κ1) is 10.9. The van der Waals surface area contributed by atoms with E-state index >= 15 is 0 Å². The first-order chi connectivity index (χ1) is 7.26. The first-order valence-electron chi connectivity index (χ1n) is 6.32. The first-order valence-corrected chi connectivity index (χ1v) is 6.32.